The molecule has 1 saturated heterocycles. The third-order valence-electron chi connectivity index (χ3n) is 4.62. The summed E-state index contributed by atoms with van der Waals surface area (Å²) < 4.78 is 0. The van der Waals surface area contributed by atoms with Gasteiger partial charge in [0, 0.05) is 23.7 Å². The molecule has 2 aromatic rings. The molecular formula is C20H20ClN3O3. The quantitative estimate of drug-likeness (QED) is 0.847. The van der Waals surface area contributed by atoms with Crippen molar-refractivity contribution in [2.24, 2.45) is 11.7 Å². The Morgan fingerprint density at radius 2 is 1.78 bits per heavy atom. The van der Waals surface area contributed by atoms with Gasteiger partial charge in [0.15, 0.2) is 0 Å². The number of hydrogen-bond donors (Lipinski definition) is 2. The van der Waals surface area contributed by atoms with E-state index in [1.54, 1.807) is 53.4 Å². The normalized spacial score (nSPS) is 16.6. The largest absolute Gasteiger partial charge is 0.366 e. The number of halogens is 1. The van der Waals surface area contributed by atoms with Crippen molar-refractivity contribution >= 4 is 35.0 Å². The van der Waals surface area contributed by atoms with Crippen LogP contribution in [0.3, 0.4) is 0 Å². The van der Waals surface area contributed by atoms with Gasteiger partial charge in [0.25, 0.3) is 11.8 Å². The highest BCUT2D eigenvalue weighted by atomic mass is 35.5. The summed E-state index contributed by atoms with van der Waals surface area (Å²) in [6, 6.07) is 13.3. The molecule has 1 atom stereocenters. The summed E-state index contributed by atoms with van der Waals surface area (Å²) in [7, 11) is 0. The molecule has 1 unspecified atom stereocenters. The molecule has 0 bridgehead atoms. The van der Waals surface area contributed by atoms with E-state index in [1.807, 2.05) is 0 Å². The van der Waals surface area contributed by atoms with Crippen LogP contribution in [0, 0.1) is 5.92 Å². The monoisotopic (exact) mass is 385 g/mol. The van der Waals surface area contributed by atoms with Crippen molar-refractivity contribution in [2.45, 2.75) is 12.8 Å². The van der Waals surface area contributed by atoms with Crippen LogP contribution in [0.2, 0.25) is 5.02 Å². The molecular weight excluding hydrogens is 366 g/mol. The summed E-state index contributed by atoms with van der Waals surface area (Å²) in [4.78, 5) is 38.5. The van der Waals surface area contributed by atoms with Gasteiger partial charge in [0.2, 0.25) is 5.91 Å². The standard InChI is InChI=1S/C20H20ClN3O3/c21-15-9-7-13(8-10-15)20(27)24-11-3-4-14(12-24)19(26)23-17-6-2-1-5-16(17)18(22)25/h1-2,5-10,14H,3-4,11-12H2,(H2,22,25)(H,23,26). The Kier molecular flexibility index (Phi) is 5.76. The molecule has 0 aliphatic carbocycles. The van der Waals surface area contributed by atoms with Gasteiger partial charge in [-0.2, -0.15) is 0 Å². The van der Waals surface area contributed by atoms with Gasteiger partial charge in [-0.25, -0.2) is 0 Å². The molecule has 3 rings (SSSR count). The molecule has 3 amide bonds. The van der Waals surface area contributed by atoms with E-state index in [2.05, 4.69) is 5.32 Å². The van der Waals surface area contributed by atoms with E-state index in [1.165, 1.54) is 0 Å². The van der Waals surface area contributed by atoms with Crippen molar-refractivity contribution in [3.05, 3.63) is 64.7 Å². The molecule has 2 aromatic carbocycles. The lowest BCUT2D eigenvalue weighted by Crippen LogP contribution is -2.43. The number of likely N-dealkylation sites (tertiary alicyclic amines) is 1. The zero-order valence-electron chi connectivity index (χ0n) is 14.7. The first-order chi connectivity index (χ1) is 13.0. The lowest BCUT2D eigenvalue weighted by atomic mass is 9.96. The molecule has 0 radical (unpaired) electrons. The number of hydrogen-bond acceptors (Lipinski definition) is 3. The minimum atomic E-state index is -0.603. The highest BCUT2D eigenvalue weighted by Gasteiger charge is 2.29. The maximum Gasteiger partial charge on any atom is 0.253 e. The molecule has 7 heteroatoms. The second-order valence-corrected chi connectivity index (χ2v) is 6.93. The predicted octanol–water partition coefficient (Wildman–Crippen LogP) is 2.93. The maximum atomic E-state index is 12.7. The fourth-order valence-electron chi connectivity index (χ4n) is 3.19. The van der Waals surface area contributed by atoms with Gasteiger partial charge >= 0.3 is 0 Å². The van der Waals surface area contributed by atoms with Crippen molar-refractivity contribution in [3.63, 3.8) is 0 Å². The van der Waals surface area contributed by atoms with Crippen molar-refractivity contribution in [1.29, 1.82) is 0 Å². The number of nitrogens with one attached hydrogen (secondary N) is 1. The third-order valence-corrected chi connectivity index (χ3v) is 4.87. The second-order valence-electron chi connectivity index (χ2n) is 6.50. The Morgan fingerprint density at radius 3 is 2.48 bits per heavy atom. The molecule has 0 aromatic heterocycles. The van der Waals surface area contributed by atoms with E-state index in [4.69, 9.17) is 17.3 Å². The van der Waals surface area contributed by atoms with Gasteiger partial charge in [0.05, 0.1) is 17.2 Å². The number of benzene rings is 2. The summed E-state index contributed by atoms with van der Waals surface area (Å²) in [5.41, 5.74) is 6.54. The number of piperidine rings is 1. The van der Waals surface area contributed by atoms with Crippen molar-refractivity contribution in [2.75, 3.05) is 18.4 Å². The molecule has 140 valence electrons. The summed E-state index contributed by atoms with van der Waals surface area (Å²) in [6.07, 6.45) is 1.41. The number of para-hydroxylation sites is 1. The van der Waals surface area contributed by atoms with Crippen LogP contribution in [0.5, 0.6) is 0 Å². The lowest BCUT2D eigenvalue weighted by Gasteiger charge is -2.32. The van der Waals surface area contributed by atoms with Crippen LogP contribution in [0.1, 0.15) is 33.6 Å². The van der Waals surface area contributed by atoms with Crippen molar-refractivity contribution in [1.82, 2.24) is 4.90 Å². The van der Waals surface area contributed by atoms with Gasteiger partial charge in [-0.05, 0) is 49.2 Å². The lowest BCUT2D eigenvalue weighted by molar-refractivity contribution is -0.121. The van der Waals surface area contributed by atoms with E-state index in [-0.39, 0.29) is 23.3 Å². The maximum absolute atomic E-state index is 12.7. The van der Waals surface area contributed by atoms with E-state index in [0.717, 1.165) is 6.42 Å². The molecule has 3 N–H and O–H groups in total. The van der Waals surface area contributed by atoms with E-state index >= 15 is 0 Å². The number of anilines is 1. The number of rotatable bonds is 4. The number of primary amides is 1. The predicted molar refractivity (Wildman–Crippen MR) is 104 cm³/mol. The van der Waals surface area contributed by atoms with E-state index in [0.29, 0.717) is 35.8 Å². The van der Waals surface area contributed by atoms with Crippen molar-refractivity contribution < 1.29 is 14.4 Å². The SMILES string of the molecule is NC(=O)c1ccccc1NC(=O)C1CCCN(C(=O)c2ccc(Cl)cc2)C1. The highest BCUT2D eigenvalue weighted by molar-refractivity contribution is 6.30. The van der Waals surface area contributed by atoms with Gasteiger partial charge < -0.3 is 16.0 Å². The van der Waals surface area contributed by atoms with Crippen LogP contribution in [0.25, 0.3) is 0 Å². The number of nitrogens with zero attached hydrogens (tertiary/aromatic N) is 1. The number of carbonyl (C=O) groups is 3. The third kappa shape index (κ3) is 4.46. The van der Waals surface area contributed by atoms with E-state index in [9.17, 15) is 14.4 Å². The van der Waals surface area contributed by atoms with Crippen LogP contribution in [-0.2, 0) is 4.79 Å². The molecule has 1 aliphatic rings. The minimum Gasteiger partial charge on any atom is -0.366 e. The highest BCUT2D eigenvalue weighted by Crippen LogP contribution is 2.22. The average molecular weight is 386 g/mol. The fourth-order valence-corrected chi connectivity index (χ4v) is 3.32. The molecule has 6 nitrogen and oxygen atoms in total. The van der Waals surface area contributed by atoms with Crippen LogP contribution < -0.4 is 11.1 Å². The number of amides is 3. The first kappa shape index (κ1) is 18.9. The molecule has 1 fully saturated rings. The Bertz CT molecular complexity index is 867. The van der Waals surface area contributed by atoms with E-state index < -0.39 is 5.91 Å². The Hall–Kier alpha value is -2.86. The summed E-state index contributed by atoms with van der Waals surface area (Å²) >= 11 is 5.87. The van der Waals surface area contributed by atoms with Crippen LogP contribution >= 0.6 is 11.6 Å². The topological polar surface area (TPSA) is 92.5 Å². The minimum absolute atomic E-state index is 0.123. The van der Waals surface area contributed by atoms with Crippen LogP contribution in [0.4, 0.5) is 5.69 Å². The van der Waals surface area contributed by atoms with Crippen molar-refractivity contribution in [3.8, 4) is 0 Å². The molecule has 0 saturated carbocycles. The molecule has 1 heterocycles. The average Bonchev–Trinajstić information content (AvgIpc) is 2.68. The Balaban J connectivity index is 1.69. The smallest absolute Gasteiger partial charge is 0.253 e. The van der Waals surface area contributed by atoms with Gasteiger partial charge in [-0.15, -0.1) is 0 Å². The Morgan fingerprint density at radius 1 is 1.07 bits per heavy atom. The fraction of sp³-hybridized carbons (Fsp3) is 0.250. The van der Waals surface area contributed by atoms with Gasteiger partial charge in [-0.1, -0.05) is 23.7 Å². The zero-order chi connectivity index (χ0) is 19.4. The zero-order valence-corrected chi connectivity index (χ0v) is 15.4. The summed E-state index contributed by atoms with van der Waals surface area (Å²) in [5, 5.41) is 3.34. The molecule has 27 heavy (non-hydrogen) atoms. The van der Waals surface area contributed by atoms with Crippen LogP contribution in [-0.4, -0.2) is 35.7 Å². The summed E-state index contributed by atoms with van der Waals surface area (Å²) in [5.74, 6) is -1.30. The van der Waals surface area contributed by atoms with Crippen LogP contribution in [0.15, 0.2) is 48.5 Å². The van der Waals surface area contributed by atoms with Gasteiger partial charge in [-0.3, -0.25) is 14.4 Å². The number of carbonyl (C=O) groups excluding carboxylic acids is 3. The second kappa shape index (κ2) is 8.22. The molecule has 0 spiro atoms. The number of nitrogens with two attached hydrogens (primary N) is 1. The first-order valence-corrected chi connectivity index (χ1v) is 9.08. The molecule has 1 aliphatic heterocycles. The Labute approximate surface area is 162 Å². The summed E-state index contributed by atoms with van der Waals surface area (Å²) in [6.45, 7) is 0.926. The van der Waals surface area contributed by atoms with Gasteiger partial charge in [0.1, 0.15) is 0 Å². The first-order valence-electron chi connectivity index (χ1n) is 8.70.